The molecule has 0 bridgehead atoms. The van der Waals surface area contributed by atoms with Crippen molar-refractivity contribution < 1.29 is 41.0 Å². The lowest BCUT2D eigenvalue weighted by Crippen LogP contribution is -2.50. The Hall–Kier alpha value is -2.22. The summed E-state index contributed by atoms with van der Waals surface area (Å²) in [4.78, 5) is 23.3. The number of carbonyl (C=O) groups excluding carboxylic acids is 1. The van der Waals surface area contributed by atoms with Gasteiger partial charge in [0.2, 0.25) is 15.9 Å². The summed E-state index contributed by atoms with van der Waals surface area (Å²) >= 11 is 0. The Bertz CT molecular complexity index is 842. The Morgan fingerprint density at radius 3 is 2.26 bits per heavy atom. The number of hydrogen-bond acceptors (Lipinski definition) is 6. The Morgan fingerprint density at radius 1 is 1.23 bits per heavy atom. The number of hydrogen-bond donors (Lipinski definition) is 2. The van der Waals surface area contributed by atoms with Crippen molar-refractivity contribution >= 4 is 21.9 Å². The predicted octanol–water partition coefficient (Wildman–Crippen LogP) is 0.697. The van der Waals surface area contributed by atoms with Gasteiger partial charge in [-0.05, 0) is 18.6 Å². The number of nitrogens with zero attached hydrogens (tertiary/aromatic N) is 2. The summed E-state index contributed by atoms with van der Waals surface area (Å²) in [6.07, 6.45) is -5.08. The average molecular weight is 469 g/mol. The SMILES string of the molecule is COCCN(CC(=O)N1CCNCC1)S(=O)(=O)c1ccccc1C.O=C(O)C(F)(F)F. The first-order valence-corrected chi connectivity index (χ1v) is 10.7. The zero-order chi connectivity index (χ0) is 23.7. The summed E-state index contributed by atoms with van der Waals surface area (Å²) in [5.41, 5.74) is 0.662. The fourth-order valence-corrected chi connectivity index (χ4v) is 4.23. The van der Waals surface area contributed by atoms with E-state index in [1.807, 2.05) is 0 Å². The summed E-state index contributed by atoms with van der Waals surface area (Å²) in [6.45, 7) is 4.62. The molecule has 1 saturated heterocycles. The molecule has 176 valence electrons. The number of aryl methyl sites for hydroxylation is 1. The number of methoxy groups -OCH3 is 1. The summed E-state index contributed by atoms with van der Waals surface area (Å²) in [7, 11) is -2.24. The maximum absolute atomic E-state index is 13.0. The standard InChI is InChI=1S/C16H25N3O4S.C2HF3O2/c1-14-5-3-4-6-15(14)24(21,22)19(11-12-23-2)13-16(20)18-9-7-17-8-10-18;3-2(4,5)1(6)7/h3-6,17H,7-13H2,1-2H3;(H,6,7). The molecular formula is C18H26F3N3O6S. The molecule has 2 rings (SSSR count). The second-order valence-corrected chi connectivity index (χ2v) is 8.44. The molecule has 1 aliphatic rings. The van der Waals surface area contributed by atoms with Crippen LogP contribution in [0.1, 0.15) is 5.56 Å². The van der Waals surface area contributed by atoms with Gasteiger partial charge >= 0.3 is 12.1 Å². The fourth-order valence-electron chi connectivity index (χ4n) is 2.63. The summed E-state index contributed by atoms with van der Waals surface area (Å²) in [6, 6.07) is 6.80. The van der Waals surface area contributed by atoms with E-state index in [4.69, 9.17) is 14.6 Å². The number of nitrogens with one attached hydrogen (secondary N) is 1. The van der Waals surface area contributed by atoms with Gasteiger partial charge in [-0.15, -0.1) is 0 Å². The molecule has 1 amide bonds. The van der Waals surface area contributed by atoms with Crippen molar-refractivity contribution in [3.8, 4) is 0 Å². The number of halogens is 3. The highest BCUT2D eigenvalue weighted by molar-refractivity contribution is 7.89. The molecule has 0 aliphatic carbocycles. The summed E-state index contributed by atoms with van der Waals surface area (Å²) in [5, 5.41) is 10.3. The van der Waals surface area contributed by atoms with Crippen molar-refractivity contribution in [2.45, 2.75) is 18.0 Å². The molecule has 1 fully saturated rings. The molecule has 1 heterocycles. The topological polar surface area (TPSA) is 116 Å². The minimum Gasteiger partial charge on any atom is -0.475 e. The van der Waals surface area contributed by atoms with E-state index in [0.29, 0.717) is 18.7 Å². The quantitative estimate of drug-likeness (QED) is 0.604. The fraction of sp³-hybridized carbons (Fsp3) is 0.556. The number of alkyl halides is 3. The van der Waals surface area contributed by atoms with E-state index in [1.54, 1.807) is 36.1 Å². The molecule has 0 spiro atoms. The number of ether oxygens (including phenoxy) is 1. The van der Waals surface area contributed by atoms with E-state index >= 15 is 0 Å². The van der Waals surface area contributed by atoms with Crippen LogP contribution in [0.25, 0.3) is 0 Å². The van der Waals surface area contributed by atoms with E-state index in [-0.39, 0.29) is 30.5 Å². The number of benzene rings is 1. The van der Waals surface area contributed by atoms with Crippen molar-refractivity contribution in [3.63, 3.8) is 0 Å². The lowest BCUT2D eigenvalue weighted by atomic mass is 10.2. The first kappa shape index (κ1) is 26.8. The first-order chi connectivity index (χ1) is 14.4. The van der Waals surface area contributed by atoms with E-state index in [0.717, 1.165) is 13.1 Å². The average Bonchev–Trinajstić information content (AvgIpc) is 2.71. The Balaban J connectivity index is 0.000000592. The van der Waals surface area contributed by atoms with Gasteiger partial charge in [0.15, 0.2) is 0 Å². The number of aliphatic carboxylic acids is 1. The van der Waals surface area contributed by atoms with Crippen LogP contribution in [0.15, 0.2) is 29.2 Å². The number of rotatable bonds is 7. The van der Waals surface area contributed by atoms with Gasteiger partial charge in [0.25, 0.3) is 0 Å². The zero-order valence-corrected chi connectivity index (χ0v) is 18.0. The van der Waals surface area contributed by atoms with Crippen LogP contribution in [0, 0.1) is 6.92 Å². The highest BCUT2D eigenvalue weighted by atomic mass is 32.2. The molecule has 0 aromatic heterocycles. The molecule has 0 radical (unpaired) electrons. The molecule has 2 N–H and O–H groups in total. The molecule has 0 atom stereocenters. The zero-order valence-electron chi connectivity index (χ0n) is 17.2. The highest BCUT2D eigenvalue weighted by Crippen LogP contribution is 2.19. The summed E-state index contributed by atoms with van der Waals surface area (Å²) in [5.74, 6) is -2.93. The van der Waals surface area contributed by atoms with Gasteiger partial charge in [0.05, 0.1) is 18.0 Å². The van der Waals surface area contributed by atoms with Crippen molar-refractivity contribution in [1.82, 2.24) is 14.5 Å². The van der Waals surface area contributed by atoms with Crippen molar-refractivity contribution in [3.05, 3.63) is 29.8 Å². The molecular weight excluding hydrogens is 443 g/mol. The third-order valence-corrected chi connectivity index (χ3v) is 6.29. The molecule has 1 aromatic rings. The Labute approximate surface area is 178 Å². The lowest BCUT2D eigenvalue weighted by molar-refractivity contribution is -0.192. The van der Waals surface area contributed by atoms with E-state index in [9.17, 15) is 26.4 Å². The molecule has 1 aromatic carbocycles. The molecule has 13 heteroatoms. The van der Waals surface area contributed by atoms with E-state index in [1.165, 1.54) is 11.4 Å². The van der Waals surface area contributed by atoms with Crippen LogP contribution in [-0.4, -0.2) is 93.8 Å². The van der Waals surface area contributed by atoms with Gasteiger partial charge in [0, 0.05) is 39.8 Å². The van der Waals surface area contributed by atoms with E-state index < -0.39 is 22.2 Å². The highest BCUT2D eigenvalue weighted by Gasteiger charge is 2.38. The number of carboxylic acid groups (broad SMARTS) is 1. The molecule has 31 heavy (non-hydrogen) atoms. The third-order valence-electron chi connectivity index (χ3n) is 4.28. The van der Waals surface area contributed by atoms with Crippen molar-refractivity contribution in [1.29, 1.82) is 0 Å². The van der Waals surface area contributed by atoms with Crippen LogP contribution in [-0.2, 0) is 24.3 Å². The van der Waals surface area contributed by atoms with Crippen LogP contribution >= 0.6 is 0 Å². The second kappa shape index (κ2) is 12.0. The minimum absolute atomic E-state index is 0.144. The maximum Gasteiger partial charge on any atom is 0.490 e. The maximum atomic E-state index is 13.0. The van der Waals surface area contributed by atoms with Crippen LogP contribution < -0.4 is 5.32 Å². The Kier molecular flexibility index (Phi) is 10.4. The van der Waals surface area contributed by atoms with Gasteiger partial charge in [-0.1, -0.05) is 18.2 Å². The van der Waals surface area contributed by atoms with Gasteiger partial charge in [-0.3, -0.25) is 4.79 Å². The van der Waals surface area contributed by atoms with Gasteiger partial charge in [-0.25, -0.2) is 13.2 Å². The number of sulfonamides is 1. The van der Waals surface area contributed by atoms with Crippen LogP contribution in [0.3, 0.4) is 0 Å². The third kappa shape index (κ3) is 8.44. The largest absolute Gasteiger partial charge is 0.490 e. The van der Waals surface area contributed by atoms with Crippen molar-refractivity contribution in [2.24, 2.45) is 0 Å². The second-order valence-electron chi connectivity index (χ2n) is 6.53. The lowest BCUT2D eigenvalue weighted by Gasteiger charge is -2.30. The normalized spacial score (nSPS) is 14.7. The minimum atomic E-state index is -5.08. The Morgan fingerprint density at radius 2 is 1.77 bits per heavy atom. The number of carboxylic acids is 1. The van der Waals surface area contributed by atoms with Gasteiger partial charge < -0.3 is 20.1 Å². The molecule has 1 aliphatic heterocycles. The molecule has 9 nitrogen and oxygen atoms in total. The monoisotopic (exact) mass is 469 g/mol. The number of piperazine rings is 1. The number of carbonyl (C=O) groups is 2. The first-order valence-electron chi connectivity index (χ1n) is 9.24. The smallest absolute Gasteiger partial charge is 0.475 e. The molecule has 0 unspecified atom stereocenters. The van der Waals surface area contributed by atoms with Gasteiger partial charge in [0.1, 0.15) is 0 Å². The van der Waals surface area contributed by atoms with Crippen molar-refractivity contribution in [2.75, 3.05) is 53.0 Å². The van der Waals surface area contributed by atoms with Crippen LogP contribution in [0.2, 0.25) is 0 Å². The van der Waals surface area contributed by atoms with E-state index in [2.05, 4.69) is 5.32 Å². The van der Waals surface area contributed by atoms with Crippen LogP contribution in [0.4, 0.5) is 13.2 Å². The van der Waals surface area contributed by atoms with Crippen LogP contribution in [0.5, 0.6) is 0 Å². The number of amides is 1. The summed E-state index contributed by atoms with van der Waals surface area (Å²) < 4.78 is 63.9. The molecule has 0 saturated carbocycles. The van der Waals surface area contributed by atoms with Gasteiger partial charge in [-0.2, -0.15) is 17.5 Å². The predicted molar refractivity (Wildman–Crippen MR) is 105 cm³/mol.